The first kappa shape index (κ1) is 17.4. The van der Waals surface area contributed by atoms with Gasteiger partial charge in [0.05, 0.1) is 6.54 Å². The molecule has 1 aliphatic heterocycles. The summed E-state index contributed by atoms with van der Waals surface area (Å²) in [7, 11) is 1.49. The van der Waals surface area contributed by atoms with Gasteiger partial charge in [-0.05, 0) is 20.3 Å². The Labute approximate surface area is 123 Å². The van der Waals surface area contributed by atoms with Gasteiger partial charge in [0.25, 0.3) is 5.91 Å². The molecule has 1 rings (SSSR count). The highest BCUT2D eigenvalue weighted by Gasteiger charge is 2.49. The monoisotopic (exact) mass is 303 g/mol. The summed E-state index contributed by atoms with van der Waals surface area (Å²) in [5.74, 6) is -1.42. The molecule has 1 unspecified atom stereocenters. The van der Waals surface area contributed by atoms with Gasteiger partial charge in [-0.15, -0.1) is 0 Å². The lowest BCUT2D eigenvalue weighted by atomic mass is 10.1. The Balaban J connectivity index is 2.67. The maximum absolute atomic E-state index is 13.2. The van der Waals surface area contributed by atoms with Crippen LogP contribution in [-0.4, -0.2) is 59.2 Å². The number of hydrogen-bond acceptors (Lipinski definition) is 5. The molecule has 0 bridgehead atoms. The minimum absolute atomic E-state index is 0.0792. The summed E-state index contributed by atoms with van der Waals surface area (Å²) in [5, 5.41) is 0. The first-order valence-corrected chi connectivity index (χ1v) is 6.82. The molecular weight excluding hydrogens is 281 g/mol. The van der Waals surface area contributed by atoms with Crippen molar-refractivity contribution in [3.63, 3.8) is 0 Å². The van der Waals surface area contributed by atoms with Crippen molar-refractivity contribution in [1.82, 2.24) is 9.80 Å². The average Bonchev–Trinajstić information content (AvgIpc) is 2.54. The Bertz CT molecular complexity index is 441. The Morgan fingerprint density at radius 1 is 1.43 bits per heavy atom. The number of halogens is 1. The molecular formula is C13H22FN3O4. The fourth-order valence-corrected chi connectivity index (χ4v) is 1.91. The van der Waals surface area contributed by atoms with Crippen molar-refractivity contribution in [2.24, 2.45) is 5.73 Å². The van der Waals surface area contributed by atoms with Gasteiger partial charge in [-0.2, -0.15) is 0 Å². The number of alkyl halides is 1. The predicted molar refractivity (Wildman–Crippen MR) is 72.8 cm³/mol. The topological polar surface area (TPSA) is 92.9 Å². The lowest BCUT2D eigenvalue weighted by Gasteiger charge is -2.22. The molecule has 2 N–H and O–H groups in total. The van der Waals surface area contributed by atoms with E-state index in [4.69, 9.17) is 5.73 Å². The molecule has 0 aromatic heterocycles. The third-order valence-corrected chi connectivity index (χ3v) is 3.57. The van der Waals surface area contributed by atoms with Crippen LogP contribution in [0.3, 0.4) is 0 Å². The quantitative estimate of drug-likeness (QED) is 0.573. The second kappa shape index (κ2) is 6.38. The number of rotatable bonds is 6. The van der Waals surface area contributed by atoms with Gasteiger partial charge in [0.2, 0.25) is 6.36 Å². The van der Waals surface area contributed by atoms with Gasteiger partial charge in [0.15, 0.2) is 0 Å². The zero-order valence-corrected chi connectivity index (χ0v) is 12.8. The third kappa shape index (κ3) is 3.49. The number of nitrogens with zero attached hydrogens (tertiary/aromatic N) is 2. The standard InChI is InChI=1S/C13H22FN3O4/c1-5-6-9(14)21-10(18)8(15)7-17-11(19)13(2,3)16(4)12(17)20/h8-9H,5-7,15H2,1-4H3/t8-,9?/m1/s1. The van der Waals surface area contributed by atoms with E-state index >= 15 is 0 Å². The van der Waals surface area contributed by atoms with E-state index < -0.39 is 35.8 Å². The van der Waals surface area contributed by atoms with Gasteiger partial charge in [-0.3, -0.25) is 14.5 Å². The SMILES string of the molecule is CCCC(F)OC(=O)[C@H](N)CN1C(=O)N(C)C(C)(C)C1=O. The molecule has 2 atom stereocenters. The second-order valence-electron chi connectivity index (χ2n) is 5.56. The lowest BCUT2D eigenvalue weighted by Crippen LogP contribution is -2.47. The molecule has 7 nitrogen and oxygen atoms in total. The number of amides is 3. The maximum Gasteiger partial charge on any atom is 0.327 e. The zero-order valence-electron chi connectivity index (χ0n) is 12.8. The van der Waals surface area contributed by atoms with Crippen molar-refractivity contribution in [3.8, 4) is 0 Å². The van der Waals surface area contributed by atoms with Gasteiger partial charge >= 0.3 is 12.0 Å². The number of likely N-dealkylation sites (N-methyl/N-ethyl adjacent to an activating group) is 1. The van der Waals surface area contributed by atoms with Crippen LogP contribution in [0.2, 0.25) is 0 Å². The van der Waals surface area contributed by atoms with Crippen LogP contribution >= 0.6 is 0 Å². The first-order valence-electron chi connectivity index (χ1n) is 6.82. The predicted octanol–water partition coefficient (Wildman–Crippen LogP) is 0.625. The fraction of sp³-hybridized carbons (Fsp3) is 0.769. The van der Waals surface area contributed by atoms with Crippen molar-refractivity contribution in [1.29, 1.82) is 0 Å². The number of hydrogen-bond donors (Lipinski definition) is 1. The number of nitrogens with two attached hydrogens (primary N) is 1. The Morgan fingerprint density at radius 3 is 2.43 bits per heavy atom. The maximum atomic E-state index is 13.2. The van der Waals surface area contributed by atoms with E-state index in [2.05, 4.69) is 4.74 Å². The highest BCUT2D eigenvalue weighted by molar-refractivity contribution is 6.06. The van der Waals surface area contributed by atoms with Crippen LogP contribution in [-0.2, 0) is 14.3 Å². The van der Waals surface area contributed by atoms with Crippen LogP contribution in [0.5, 0.6) is 0 Å². The van der Waals surface area contributed by atoms with E-state index in [1.165, 1.54) is 11.9 Å². The molecule has 0 aromatic rings. The summed E-state index contributed by atoms with van der Waals surface area (Å²) >= 11 is 0. The molecule has 21 heavy (non-hydrogen) atoms. The average molecular weight is 303 g/mol. The molecule has 0 radical (unpaired) electrons. The Hall–Kier alpha value is -1.70. The Kier molecular flexibility index (Phi) is 5.27. The molecule has 1 fully saturated rings. The van der Waals surface area contributed by atoms with Crippen LogP contribution in [0.1, 0.15) is 33.6 Å². The Morgan fingerprint density at radius 2 is 2.00 bits per heavy atom. The van der Waals surface area contributed by atoms with E-state index in [1.807, 2.05) is 0 Å². The van der Waals surface area contributed by atoms with E-state index in [9.17, 15) is 18.8 Å². The summed E-state index contributed by atoms with van der Waals surface area (Å²) in [6.45, 7) is 4.61. The fourth-order valence-electron chi connectivity index (χ4n) is 1.91. The van der Waals surface area contributed by atoms with Crippen LogP contribution in [0.4, 0.5) is 9.18 Å². The van der Waals surface area contributed by atoms with Gasteiger partial charge in [0.1, 0.15) is 11.6 Å². The summed E-state index contributed by atoms with van der Waals surface area (Å²) in [6, 6.07) is -1.81. The summed E-state index contributed by atoms with van der Waals surface area (Å²) in [6.07, 6.45) is -1.13. The molecule has 0 aromatic carbocycles. The number of carbonyl (C=O) groups is 3. The van der Waals surface area contributed by atoms with E-state index in [-0.39, 0.29) is 13.0 Å². The van der Waals surface area contributed by atoms with Crippen molar-refractivity contribution >= 4 is 17.9 Å². The molecule has 1 aliphatic rings. The van der Waals surface area contributed by atoms with Crippen LogP contribution in [0.15, 0.2) is 0 Å². The number of ether oxygens (including phenoxy) is 1. The van der Waals surface area contributed by atoms with E-state index in [0.717, 1.165) is 4.90 Å². The molecule has 8 heteroatoms. The van der Waals surface area contributed by atoms with Crippen molar-refractivity contribution in [2.45, 2.75) is 51.6 Å². The van der Waals surface area contributed by atoms with Gasteiger partial charge in [-0.25, -0.2) is 9.18 Å². The molecule has 3 amide bonds. The van der Waals surface area contributed by atoms with Crippen LogP contribution in [0, 0.1) is 0 Å². The number of urea groups is 1. The second-order valence-corrected chi connectivity index (χ2v) is 5.56. The highest BCUT2D eigenvalue weighted by atomic mass is 19.1. The number of imide groups is 1. The number of esters is 1. The van der Waals surface area contributed by atoms with E-state index in [0.29, 0.717) is 6.42 Å². The van der Waals surface area contributed by atoms with Crippen molar-refractivity contribution in [3.05, 3.63) is 0 Å². The molecule has 0 saturated carbocycles. The van der Waals surface area contributed by atoms with Crippen molar-refractivity contribution in [2.75, 3.05) is 13.6 Å². The normalized spacial score (nSPS) is 20.7. The smallest absolute Gasteiger partial charge is 0.327 e. The first-order chi connectivity index (χ1) is 9.62. The highest BCUT2D eigenvalue weighted by Crippen LogP contribution is 2.25. The summed E-state index contributed by atoms with van der Waals surface area (Å²) in [4.78, 5) is 37.9. The molecule has 0 spiro atoms. The third-order valence-electron chi connectivity index (χ3n) is 3.57. The van der Waals surface area contributed by atoms with Gasteiger partial charge in [0, 0.05) is 13.5 Å². The summed E-state index contributed by atoms with van der Waals surface area (Å²) in [5.41, 5.74) is 4.60. The molecule has 0 aliphatic carbocycles. The minimum Gasteiger partial charge on any atom is -0.430 e. The molecule has 1 saturated heterocycles. The van der Waals surface area contributed by atoms with Crippen LogP contribution in [0.25, 0.3) is 0 Å². The van der Waals surface area contributed by atoms with Gasteiger partial charge < -0.3 is 15.4 Å². The largest absolute Gasteiger partial charge is 0.430 e. The minimum atomic E-state index is -1.72. The number of carbonyl (C=O) groups excluding carboxylic acids is 3. The molecule has 120 valence electrons. The summed E-state index contributed by atoms with van der Waals surface area (Å²) < 4.78 is 17.7. The lowest BCUT2D eigenvalue weighted by molar-refractivity contribution is -0.160. The van der Waals surface area contributed by atoms with Gasteiger partial charge in [-0.1, -0.05) is 6.92 Å². The van der Waals surface area contributed by atoms with Crippen molar-refractivity contribution < 1.29 is 23.5 Å². The van der Waals surface area contributed by atoms with Crippen LogP contribution < -0.4 is 5.73 Å². The van der Waals surface area contributed by atoms with E-state index in [1.54, 1.807) is 20.8 Å². The molecule has 1 heterocycles. The zero-order chi connectivity index (χ0) is 16.4.